The zero-order chi connectivity index (χ0) is 18.6. The number of hydrogen-bond acceptors (Lipinski definition) is 3. The SMILES string of the molecule is C[C@@H]([NH2+]CC(=O)Nc1ccc(Cl)cc1[N+](=O)[O-])c1ccc(F)cc1F. The Hall–Kier alpha value is -2.58. The van der Waals surface area contributed by atoms with Crippen LogP contribution in [0.15, 0.2) is 36.4 Å². The van der Waals surface area contributed by atoms with Gasteiger partial charge in [-0.2, -0.15) is 0 Å². The van der Waals surface area contributed by atoms with Crippen molar-refractivity contribution in [1.29, 1.82) is 0 Å². The number of nitro benzene ring substituents is 1. The van der Waals surface area contributed by atoms with Crippen molar-refractivity contribution in [2.24, 2.45) is 0 Å². The molecule has 3 N–H and O–H groups in total. The van der Waals surface area contributed by atoms with Crippen LogP contribution in [-0.4, -0.2) is 17.4 Å². The summed E-state index contributed by atoms with van der Waals surface area (Å²) in [5, 5.41) is 15.1. The van der Waals surface area contributed by atoms with Crippen LogP contribution >= 0.6 is 11.6 Å². The number of nitrogens with two attached hydrogens (primary N) is 1. The largest absolute Gasteiger partial charge is 0.332 e. The lowest BCUT2D eigenvalue weighted by molar-refractivity contribution is -0.682. The summed E-state index contributed by atoms with van der Waals surface area (Å²) in [5.41, 5.74) is -0.0430. The maximum atomic E-state index is 13.7. The number of carbonyl (C=O) groups excluding carboxylic acids is 1. The standard InChI is InChI=1S/C16H14ClF2N3O3/c1-9(12-4-3-11(18)7-13(12)19)20-8-16(23)21-14-5-2-10(17)6-15(14)22(24)25/h2-7,9,20H,8H2,1H3,(H,21,23)/p+1/t9-/m1/s1. The summed E-state index contributed by atoms with van der Waals surface area (Å²) >= 11 is 5.71. The summed E-state index contributed by atoms with van der Waals surface area (Å²) < 4.78 is 26.6. The monoisotopic (exact) mass is 370 g/mol. The number of carbonyl (C=O) groups is 1. The lowest BCUT2D eigenvalue weighted by Gasteiger charge is -2.12. The summed E-state index contributed by atoms with van der Waals surface area (Å²) in [5.74, 6) is -1.88. The lowest BCUT2D eigenvalue weighted by atomic mass is 10.1. The van der Waals surface area contributed by atoms with Gasteiger partial charge < -0.3 is 10.6 Å². The highest BCUT2D eigenvalue weighted by molar-refractivity contribution is 6.31. The zero-order valence-corrected chi connectivity index (χ0v) is 13.9. The van der Waals surface area contributed by atoms with Crippen molar-refractivity contribution in [1.82, 2.24) is 0 Å². The zero-order valence-electron chi connectivity index (χ0n) is 13.1. The smallest absolute Gasteiger partial charge is 0.294 e. The maximum absolute atomic E-state index is 13.7. The van der Waals surface area contributed by atoms with Crippen LogP contribution in [0.3, 0.4) is 0 Å². The molecule has 2 rings (SSSR count). The van der Waals surface area contributed by atoms with E-state index in [1.807, 2.05) is 0 Å². The van der Waals surface area contributed by atoms with Crippen LogP contribution in [-0.2, 0) is 4.79 Å². The number of nitrogens with zero attached hydrogens (tertiary/aromatic N) is 1. The molecular formula is C16H15ClF2N3O3+. The molecule has 0 aliphatic rings. The summed E-state index contributed by atoms with van der Waals surface area (Å²) in [6, 6.07) is 6.68. The molecule has 132 valence electrons. The van der Waals surface area contributed by atoms with Crippen molar-refractivity contribution in [3.63, 3.8) is 0 Å². The quantitative estimate of drug-likeness (QED) is 0.605. The van der Waals surface area contributed by atoms with Gasteiger partial charge in [-0.3, -0.25) is 14.9 Å². The molecule has 0 aromatic heterocycles. The van der Waals surface area contributed by atoms with Gasteiger partial charge in [-0.05, 0) is 31.2 Å². The van der Waals surface area contributed by atoms with E-state index >= 15 is 0 Å². The van der Waals surface area contributed by atoms with Crippen molar-refractivity contribution in [2.45, 2.75) is 13.0 Å². The van der Waals surface area contributed by atoms with Crippen molar-refractivity contribution in [3.05, 3.63) is 68.7 Å². The molecule has 2 aromatic rings. The van der Waals surface area contributed by atoms with Gasteiger partial charge in [-0.25, -0.2) is 8.78 Å². The molecule has 0 radical (unpaired) electrons. The van der Waals surface area contributed by atoms with E-state index in [2.05, 4.69) is 5.32 Å². The van der Waals surface area contributed by atoms with E-state index in [-0.39, 0.29) is 28.5 Å². The van der Waals surface area contributed by atoms with E-state index in [1.165, 1.54) is 23.5 Å². The second-order valence-corrected chi connectivity index (χ2v) is 5.80. The average molecular weight is 371 g/mol. The molecule has 0 aliphatic carbocycles. The average Bonchev–Trinajstić information content (AvgIpc) is 2.54. The number of anilines is 1. The molecule has 0 bridgehead atoms. The van der Waals surface area contributed by atoms with Crippen molar-refractivity contribution >= 4 is 28.9 Å². The van der Waals surface area contributed by atoms with Gasteiger partial charge in [0.2, 0.25) is 0 Å². The minimum atomic E-state index is -0.697. The molecule has 9 heteroatoms. The number of nitrogens with one attached hydrogen (secondary N) is 1. The number of rotatable bonds is 6. The molecule has 0 heterocycles. The van der Waals surface area contributed by atoms with Crippen molar-refractivity contribution in [3.8, 4) is 0 Å². The molecule has 0 fully saturated rings. The van der Waals surface area contributed by atoms with E-state index in [9.17, 15) is 23.7 Å². The first-order valence-electron chi connectivity index (χ1n) is 7.30. The summed E-state index contributed by atoms with van der Waals surface area (Å²) in [7, 11) is 0. The molecule has 0 unspecified atom stereocenters. The van der Waals surface area contributed by atoms with Crippen molar-refractivity contribution < 1.29 is 23.8 Å². The minimum Gasteiger partial charge on any atom is -0.332 e. The van der Waals surface area contributed by atoms with Crippen LogP contribution < -0.4 is 10.6 Å². The molecule has 1 atom stereocenters. The highest BCUT2D eigenvalue weighted by Crippen LogP contribution is 2.27. The fraction of sp³-hybridized carbons (Fsp3) is 0.188. The number of benzene rings is 2. The van der Waals surface area contributed by atoms with Gasteiger partial charge in [0.15, 0.2) is 6.54 Å². The van der Waals surface area contributed by atoms with E-state index in [0.717, 1.165) is 18.2 Å². The number of nitro groups is 1. The Kier molecular flexibility index (Phi) is 6.00. The van der Waals surface area contributed by atoms with Crippen LogP contribution in [0, 0.1) is 21.7 Å². The Balaban J connectivity index is 2.00. The second kappa shape index (κ2) is 8.00. The Morgan fingerprint density at radius 2 is 2.04 bits per heavy atom. The van der Waals surface area contributed by atoms with Gasteiger partial charge >= 0.3 is 0 Å². The molecule has 2 aromatic carbocycles. The van der Waals surface area contributed by atoms with Gasteiger partial charge in [0, 0.05) is 22.7 Å². The Labute approximate surface area is 146 Å². The number of halogens is 3. The highest BCUT2D eigenvalue weighted by atomic mass is 35.5. The van der Waals surface area contributed by atoms with Gasteiger partial charge in [0.05, 0.1) is 4.92 Å². The van der Waals surface area contributed by atoms with E-state index in [4.69, 9.17) is 11.6 Å². The first-order chi connectivity index (χ1) is 11.8. The molecule has 6 nitrogen and oxygen atoms in total. The third-order valence-electron chi connectivity index (χ3n) is 3.54. The molecule has 0 spiro atoms. The predicted octanol–water partition coefficient (Wildman–Crippen LogP) is 2.79. The Morgan fingerprint density at radius 1 is 1.32 bits per heavy atom. The summed E-state index contributed by atoms with van der Waals surface area (Å²) in [6.07, 6.45) is 0. The third kappa shape index (κ3) is 4.94. The molecule has 25 heavy (non-hydrogen) atoms. The van der Waals surface area contributed by atoms with Gasteiger partial charge in [-0.1, -0.05) is 11.6 Å². The van der Waals surface area contributed by atoms with Crippen LogP contribution in [0.2, 0.25) is 5.02 Å². The normalized spacial score (nSPS) is 11.8. The number of amides is 1. The predicted molar refractivity (Wildman–Crippen MR) is 88.3 cm³/mol. The topological polar surface area (TPSA) is 88.8 Å². The molecular weight excluding hydrogens is 356 g/mol. The van der Waals surface area contributed by atoms with E-state index < -0.39 is 28.5 Å². The second-order valence-electron chi connectivity index (χ2n) is 5.36. The maximum Gasteiger partial charge on any atom is 0.294 e. The van der Waals surface area contributed by atoms with Crippen LogP contribution in [0.5, 0.6) is 0 Å². The summed E-state index contributed by atoms with van der Waals surface area (Å²) in [6.45, 7) is 1.56. The lowest BCUT2D eigenvalue weighted by Crippen LogP contribution is -2.86. The first kappa shape index (κ1) is 18.8. The van der Waals surface area contributed by atoms with Gasteiger partial charge in [0.25, 0.3) is 11.6 Å². The molecule has 0 saturated heterocycles. The third-order valence-corrected chi connectivity index (χ3v) is 3.78. The van der Waals surface area contributed by atoms with Crippen LogP contribution in [0.4, 0.5) is 20.2 Å². The number of quaternary nitrogens is 1. The molecule has 0 saturated carbocycles. The highest BCUT2D eigenvalue weighted by Gasteiger charge is 2.19. The van der Waals surface area contributed by atoms with Gasteiger partial charge in [0.1, 0.15) is 23.4 Å². The van der Waals surface area contributed by atoms with E-state index in [0.29, 0.717) is 0 Å². The Morgan fingerprint density at radius 3 is 2.68 bits per heavy atom. The molecule has 0 aliphatic heterocycles. The Bertz CT molecular complexity index is 817. The van der Waals surface area contributed by atoms with Crippen molar-refractivity contribution in [2.75, 3.05) is 11.9 Å². The minimum absolute atomic E-state index is 0.0217. The fourth-order valence-electron chi connectivity index (χ4n) is 2.24. The fourth-order valence-corrected chi connectivity index (χ4v) is 2.41. The van der Waals surface area contributed by atoms with Gasteiger partial charge in [-0.15, -0.1) is 0 Å². The van der Waals surface area contributed by atoms with Crippen LogP contribution in [0.25, 0.3) is 0 Å². The van der Waals surface area contributed by atoms with Crippen LogP contribution in [0.1, 0.15) is 18.5 Å². The molecule has 1 amide bonds. The first-order valence-corrected chi connectivity index (χ1v) is 7.68. The summed E-state index contributed by atoms with van der Waals surface area (Å²) in [4.78, 5) is 22.3. The number of hydrogen-bond donors (Lipinski definition) is 2. The van der Waals surface area contributed by atoms with E-state index in [1.54, 1.807) is 6.92 Å².